The number of nitrogens with zero attached hydrogens (tertiary/aromatic N) is 3. The molecule has 2 aromatic heterocycles. The van der Waals surface area contributed by atoms with Crippen molar-refractivity contribution in [2.24, 2.45) is 7.05 Å². The third-order valence-corrected chi connectivity index (χ3v) is 3.55. The Morgan fingerprint density at radius 3 is 2.95 bits per heavy atom. The number of esters is 1. The number of carbonyl (C=O) groups excluding carboxylic acids is 1. The fourth-order valence-electron chi connectivity index (χ4n) is 2.00. The van der Waals surface area contributed by atoms with Crippen LogP contribution in [-0.2, 0) is 11.8 Å². The molecule has 0 spiro atoms. The average molecular weight is 273 g/mol. The van der Waals surface area contributed by atoms with Gasteiger partial charge in [-0.15, -0.1) is 11.3 Å². The van der Waals surface area contributed by atoms with Gasteiger partial charge in [-0.1, -0.05) is 0 Å². The molecule has 0 amide bonds. The van der Waals surface area contributed by atoms with E-state index in [1.807, 2.05) is 23.1 Å². The molecule has 96 valence electrons. The maximum atomic E-state index is 11.5. The van der Waals surface area contributed by atoms with E-state index < -0.39 is 0 Å². The fraction of sp³-hybridized carbons (Fsp3) is 0.154. The summed E-state index contributed by atoms with van der Waals surface area (Å²) in [7, 11) is 3.30. The zero-order chi connectivity index (χ0) is 13.4. The summed E-state index contributed by atoms with van der Waals surface area (Å²) >= 11 is 1.53. The van der Waals surface area contributed by atoms with E-state index in [4.69, 9.17) is 4.74 Å². The molecular weight excluding hydrogens is 262 g/mol. The van der Waals surface area contributed by atoms with Crippen LogP contribution in [0.25, 0.3) is 22.6 Å². The minimum atomic E-state index is -0.359. The number of aromatic nitrogens is 3. The highest BCUT2D eigenvalue weighted by atomic mass is 32.1. The maximum absolute atomic E-state index is 11.5. The predicted molar refractivity (Wildman–Crippen MR) is 73.2 cm³/mol. The van der Waals surface area contributed by atoms with Crippen LogP contribution in [0, 0.1) is 0 Å². The van der Waals surface area contributed by atoms with Gasteiger partial charge in [0.25, 0.3) is 0 Å². The largest absolute Gasteiger partial charge is 0.465 e. The lowest BCUT2D eigenvalue weighted by atomic mass is 10.2. The summed E-state index contributed by atoms with van der Waals surface area (Å²) in [4.78, 5) is 20.3. The Morgan fingerprint density at radius 1 is 1.42 bits per heavy atom. The van der Waals surface area contributed by atoms with E-state index in [-0.39, 0.29) is 5.97 Å². The molecule has 5 nitrogen and oxygen atoms in total. The van der Waals surface area contributed by atoms with E-state index in [1.165, 1.54) is 18.4 Å². The number of hydrogen-bond acceptors (Lipinski definition) is 5. The molecular formula is C13H11N3O2S. The second kappa shape index (κ2) is 4.47. The highest BCUT2D eigenvalue weighted by Crippen LogP contribution is 2.24. The van der Waals surface area contributed by atoms with Gasteiger partial charge < -0.3 is 9.30 Å². The van der Waals surface area contributed by atoms with Crippen LogP contribution in [0.15, 0.2) is 29.1 Å². The van der Waals surface area contributed by atoms with Gasteiger partial charge in [0.1, 0.15) is 5.69 Å². The van der Waals surface area contributed by atoms with Gasteiger partial charge in [-0.3, -0.25) is 0 Å². The molecule has 6 heteroatoms. The molecule has 0 atom stereocenters. The van der Waals surface area contributed by atoms with Crippen molar-refractivity contribution in [3.63, 3.8) is 0 Å². The zero-order valence-electron chi connectivity index (χ0n) is 10.5. The second-order valence-corrected chi connectivity index (χ2v) is 4.78. The number of rotatable bonds is 2. The summed E-state index contributed by atoms with van der Waals surface area (Å²) in [6.07, 6.45) is 0. The van der Waals surface area contributed by atoms with E-state index in [1.54, 1.807) is 17.6 Å². The van der Waals surface area contributed by atoms with Crippen molar-refractivity contribution in [2.45, 2.75) is 0 Å². The molecule has 0 fully saturated rings. The molecule has 0 radical (unpaired) electrons. The third-order valence-electron chi connectivity index (χ3n) is 2.96. The third kappa shape index (κ3) is 1.90. The van der Waals surface area contributed by atoms with Gasteiger partial charge in [-0.05, 0) is 18.2 Å². The standard InChI is InChI=1S/C13H11N3O2S/c1-16-11-4-3-8(13(17)18-2)5-9(11)15-12(16)10-6-19-7-14-10/h3-7H,1-2H3. The molecule has 0 bridgehead atoms. The van der Waals surface area contributed by atoms with Crippen molar-refractivity contribution >= 4 is 28.3 Å². The van der Waals surface area contributed by atoms with Gasteiger partial charge in [0.15, 0.2) is 5.82 Å². The van der Waals surface area contributed by atoms with Crippen LogP contribution in [0.1, 0.15) is 10.4 Å². The number of thiazole rings is 1. The topological polar surface area (TPSA) is 57.0 Å². The molecule has 0 saturated carbocycles. The molecule has 0 N–H and O–H groups in total. The quantitative estimate of drug-likeness (QED) is 0.673. The first-order valence-corrected chi connectivity index (χ1v) is 6.58. The summed E-state index contributed by atoms with van der Waals surface area (Å²) in [5.74, 6) is 0.432. The van der Waals surface area contributed by atoms with Gasteiger partial charge in [0.2, 0.25) is 0 Å². The number of benzene rings is 1. The number of hydrogen-bond donors (Lipinski definition) is 0. The Bertz CT molecular complexity index is 747. The molecule has 0 aliphatic rings. The highest BCUT2D eigenvalue weighted by molar-refractivity contribution is 7.07. The van der Waals surface area contributed by atoms with Gasteiger partial charge in [-0.25, -0.2) is 14.8 Å². The van der Waals surface area contributed by atoms with E-state index >= 15 is 0 Å². The van der Waals surface area contributed by atoms with Crippen LogP contribution in [0.4, 0.5) is 0 Å². The summed E-state index contributed by atoms with van der Waals surface area (Å²) in [5, 5.41) is 1.95. The molecule has 0 saturated heterocycles. The molecule has 3 aromatic rings. The van der Waals surface area contributed by atoms with Crippen molar-refractivity contribution in [1.82, 2.24) is 14.5 Å². The summed E-state index contributed by atoms with van der Waals surface area (Å²) in [5.41, 5.74) is 4.82. The van der Waals surface area contributed by atoms with E-state index in [9.17, 15) is 4.79 Å². The Kier molecular flexibility index (Phi) is 2.79. The van der Waals surface area contributed by atoms with Gasteiger partial charge in [0, 0.05) is 12.4 Å². The number of methoxy groups -OCH3 is 1. The lowest BCUT2D eigenvalue weighted by molar-refractivity contribution is 0.0601. The van der Waals surface area contributed by atoms with Gasteiger partial charge in [0.05, 0.1) is 29.2 Å². The summed E-state index contributed by atoms with van der Waals surface area (Å²) in [6, 6.07) is 5.34. The van der Waals surface area contributed by atoms with Crippen molar-refractivity contribution in [3.05, 3.63) is 34.7 Å². The van der Waals surface area contributed by atoms with Crippen LogP contribution in [0.3, 0.4) is 0 Å². The summed E-state index contributed by atoms with van der Waals surface area (Å²) in [6.45, 7) is 0. The molecule has 0 unspecified atom stereocenters. The number of ether oxygens (including phenoxy) is 1. The molecule has 0 aliphatic carbocycles. The maximum Gasteiger partial charge on any atom is 0.337 e. The smallest absolute Gasteiger partial charge is 0.337 e. The molecule has 3 rings (SSSR count). The second-order valence-electron chi connectivity index (χ2n) is 4.06. The predicted octanol–water partition coefficient (Wildman–Crippen LogP) is 2.48. The SMILES string of the molecule is COC(=O)c1ccc2c(c1)nc(-c1cscn1)n2C. The minimum absolute atomic E-state index is 0.359. The molecule has 0 aliphatic heterocycles. The Hall–Kier alpha value is -2.21. The first-order chi connectivity index (χ1) is 9.20. The highest BCUT2D eigenvalue weighted by Gasteiger charge is 2.13. The summed E-state index contributed by atoms with van der Waals surface area (Å²) < 4.78 is 6.67. The lowest BCUT2D eigenvalue weighted by Crippen LogP contribution is -2.00. The van der Waals surface area contributed by atoms with Crippen molar-refractivity contribution in [1.29, 1.82) is 0 Å². The van der Waals surface area contributed by atoms with Crippen molar-refractivity contribution in [2.75, 3.05) is 7.11 Å². The Morgan fingerprint density at radius 2 is 2.26 bits per heavy atom. The zero-order valence-corrected chi connectivity index (χ0v) is 11.3. The fourth-order valence-corrected chi connectivity index (χ4v) is 2.53. The Balaban J connectivity index is 2.18. The normalized spacial score (nSPS) is 10.8. The monoisotopic (exact) mass is 273 g/mol. The molecule has 19 heavy (non-hydrogen) atoms. The lowest BCUT2D eigenvalue weighted by Gasteiger charge is -2.00. The van der Waals surface area contributed by atoms with Crippen molar-refractivity contribution < 1.29 is 9.53 Å². The van der Waals surface area contributed by atoms with Crippen LogP contribution >= 0.6 is 11.3 Å². The number of fused-ring (bicyclic) bond motifs is 1. The van der Waals surface area contributed by atoms with Crippen LogP contribution < -0.4 is 0 Å². The number of aryl methyl sites for hydroxylation is 1. The van der Waals surface area contributed by atoms with E-state index in [2.05, 4.69) is 9.97 Å². The average Bonchev–Trinajstić information content (AvgIpc) is 3.05. The first-order valence-electron chi connectivity index (χ1n) is 5.64. The van der Waals surface area contributed by atoms with Gasteiger partial charge in [-0.2, -0.15) is 0 Å². The molecule has 2 heterocycles. The first kappa shape index (κ1) is 11.9. The Labute approximate surface area is 113 Å². The number of carbonyl (C=O) groups is 1. The van der Waals surface area contributed by atoms with E-state index in [0.29, 0.717) is 5.56 Å². The van der Waals surface area contributed by atoms with Gasteiger partial charge >= 0.3 is 5.97 Å². The van der Waals surface area contributed by atoms with E-state index in [0.717, 1.165) is 22.6 Å². The van der Waals surface area contributed by atoms with Crippen LogP contribution in [0.2, 0.25) is 0 Å². The van der Waals surface area contributed by atoms with Crippen molar-refractivity contribution in [3.8, 4) is 11.5 Å². The van der Waals surface area contributed by atoms with Crippen LogP contribution in [-0.4, -0.2) is 27.6 Å². The van der Waals surface area contributed by atoms with Crippen LogP contribution in [0.5, 0.6) is 0 Å². The number of imidazole rings is 1. The molecule has 1 aromatic carbocycles. The minimum Gasteiger partial charge on any atom is -0.465 e.